The van der Waals surface area contributed by atoms with Crippen LogP contribution in [0, 0.1) is 0 Å². The van der Waals surface area contributed by atoms with Gasteiger partial charge in [0.25, 0.3) is 5.91 Å². The van der Waals surface area contributed by atoms with Crippen LogP contribution in [-0.4, -0.2) is 73.1 Å². The van der Waals surface area contributed by atoms with E-state index in [0.717, 1.165) is 59.5 Å². The van der Waals surface area contributed by atoms with Gasteiger partial charge in [0.1, 0.15) is 6.33 Å². The molecule has 0 spiro atoms. The van der Waals surface area contributed by atoms with Crippen LogP contribution < -0.4 is 9.47 Å². The van der Waals surface area contributed by atoms with E-state index in [4.69, 9.17) is 9.47 Å². The molecule has 2 heterocycles. The number of benzene rings is 3. The van der Waals surface area contributed by atoms with Gasteiger partial charge >= 0.3 is 0 Å². The molecule has 0 saturated carbocycles. The van der Waals surface area contributed by atoms with Crippen LogP contribution in [-0.2, 0) is 0 Å². The summed E-state index contributed by atoms with van der Waals surface area (Å²) in [5.41, 5.74) is 5.36. The summed E-state index contributed by atoms with van der Waals surface area (Å²) in [6.07, 6.45) is 1.58. The minimum Gasteiger partial charge on any atom is -0.493 e. The number of nitrogens with zero attached hydrogens (tertiary/aromatic N) is 4. The van der Waals surface area contributed by atoms with Crippen molar-refractivity contribution in [3.63, 3.8) is 0 Å². The van der Waals surface area contributed by atoms with Crippen molar-refractivity contribution in [3.05, 3.63) is 72.6 Å². The Morgan fingerprint density at radius 1 is 0.771 bits per heavy atom. The summed E-state index contributed by atoms with van der Waals surface area (Å²) in [6, 6.07) is 19.7. The summed E-state index contributed by atoms with van der Waals surface area (Å²) in [7, 11) is 5.34. The lowest BCUT2D eigenvalue weighted by molar-refractivity contribution is 0.0664. The third-order valence-electron chi connectivity index (χ3n) is 6.55. The topological polar surface area (TPSA) is 67.8 Å². The fourth-order valence-corrected chi connectivity index (χ4v) is 4.44. The zero-order valence-electron chi connectivity index (χ0n) is 20.2. The molecule has 35 heavy (non-hydrogen) atoms. The largest absolute Gasteiger partial charge is 0.493 e. The van der Waals surface area contributed by atoms with E-state index in [1.54, 1.807) is 20.5 Å². The van der Waals surface area contributed by atoms with Gasteiger partial charge in [0.05, 0.1) is 25.4 Å². The van der Waals surface area contributed by atoms with Gasteiger partial charge in [-0.3, -0.25) is 4.79 Å². The van der Waals surface area contributed by atoms with Crippen molar-refractivity contribution in [2.45, 2.75) is 0 Å². The summed E-state index contributed by atoms with van der Waals surface area (Å²) < 4.78 is 10.8. The molecule has 0 unspecified atom stereocenters. The Hall–Kier alpha value is -3.97. The Balaban J connectivity index is 1.47. The SMILES string of the molecule is COc1ccc(-c2ccc3ncnc(-c4ccc(C(=O)N5CCN(C)CC5)cc4)c3c2)cc1OC. The number of carbonyl (C=O) groups is 1. The highest BCUT2D eigenvalue weighted by atomic mass is 16.5. The van der Waals surface area contributed by atoms with Crippen LogP contribution in [0.5, 0.6) is 11.5 Å². The second-order valence-electron chi connectivity index (χ2n) is 8.70. The third-order valence-corrected chi connectivity index (χ3v) is 6.55. The predicted octanol–water partition coefficient (Wildman–Crippen LogP) is 4.37. The normalized spacial score (nSPS) is 14.2. The van der Waals surface area contributed by atoms with Gasteiger partial charge in [0, 0.05) is 42.7 Å². The molecule has 1 aromatic heterocycles. The van der Waals surface area contributed by atoms with Crippen molar-refractivity contribution in [1.29, 1.82) is 0 Å². The summed E-state index contributed by atoms with van der Waals surface area (Å²) in [5, 5.41) is 0.943. The summed E-state index contributed by atoms with van der Waals surface area (Å²) in [6.45, 7) is 3.32. The van der Waals surface area contributed by atoms with Crippen LogP contribution in [0.2, 0.25) is 0 Å². The van der Waals surface area contributed by atoms with Crippen LogP contribution in [0.15, 0.2) is 67.0 Å². The highest BCUT2D eigenvalue weighted by molar-refractivity contribution is 5.97. The number of aromatic nitrogens is 2. The van der Waals surface area contributed by atoms with Gasteiger partial charge in [-0.2, -0.15) is 0 Å². The fraction of sp³-hybridized carbons (Fsp3) is 0.250. The number of hydrogen-bond donors (Lipinski definition) is 0. The zero-order chi connectivity index (χ0) is 24.4. The average molecular weight is 469 g/mol. The minimum atomic E-state index is 0.0768. The summed E-state index contributed by atoms with van der Waals surface area (Å²) in [4.78, 5) is 26.1. The molecule has 7 nitrogen and oxygen atoms in total. The second kappa shape index (κ2) is 9.72. The average Bonchev–Trinajstić information content (AvgIpc) is 2.92. The smallest absolute Gasteiger partial charge is 0.253 e. The molecule has 0 N–H and O–H groups in total. The molecule has 1 aliphatic heterocycles. The van der Waals surface area contributed by atoms with Crippen LogP contribution in [0.25, 0.3) is 33.3 Å². The van der Waals surface area contributed by atoms with E-state index >= 15 is 0 Å². The molecule has 1 saturated heterocycles. The number of rotatable bonds is 5. The first-order valence-electron chi connectivity index (χ1n) is 11.6. The van der Waals surface area contributed by atoms with E-state index < -0.39 is 0 Å². The molecule has 1 aliphatic rings. The van der Waals surface area contributed by atoms with Crippen LogP contribution in [0.4, 0.5) is 0 Å². The quantitative estimate of drug-likeness (QED) is 0.433. The first-order valence-corrected chi connectivity index (χ1v) is 11.6. The van der Waals surface area contributed by atoms with Crippen molar-refractivity contribution < 1.29 is 14.3 Å². The van der Waals surface area contributed by atoms with E-state index in [9.17, 15) is 4.79 Å². The van der Waals surface area contributed by atoms with Gasteiger partial charge in [0.15, 0.2) is 11.5 Å². The van der Waals surface area contributed by atoms with Gasteiger partial charge in [0.2, 0.25) is 0 Å². The molecule has 0 aliphatic carbocycles. The Kier molecular flexibility index (Phi) is 6.33. The molecule has 4 aromatic rings. The lowest BCUT2D eigenvalue weighted by Crippen LogP contribution is -2.47. The number of fused-ring (bicyclic) bond motifs is 1. The fourth-order valence-electron chi connectivity index (χ4n) is 4.44. The van der Waals surface area contributed by atoms with E-state index in [-0.39, 0.29) is 5.91 Å². The number of amides is 1. The molecular weight excluding hydrogens is 440 g/mol. The van der Waals surface area contributed by atoms with Crippen molar-refractivity contribution in [3.8, 4) is 33.9 Å². The Morgan fingerprint density at radius 2 is 1.43 bits per heavy atom. The van der Waals surface area contributed by atoms with Crippen LogP contribution in [0.3, 0.4) is 0 Å². The van der Waals surface area contributed by atoms with E-state index in [1.165, 1.54) is 0 Å². The molecule has 0 atom stereocenters. The number of carbonyl (C=O) groups excluding carboxylic acids is 1. The molecular formula is C28H28N4O3. The van der Waals surface area contributed by atoms with Gasteiger partial charge in [-0.15, -0.1) is 0 Å². The molecule has 1 fully saturated rings. The highest BCUT2D eigenvalue weighted by Gasteiger charge is 2.20. The second-order valence-corrected chi connectivity index (χ2v) is 8.70. The maximum absolute atomic E-state index is 12.9. The molecule has 5 rings (SSSR count). The lowest BCUT2D eigenvalue weighted by Gasteiger charge is -2.32. The molecule has 0 radical (unpaired) electrons. The zero-order valence-corrected chi connectivity index (χ0v) is 20.2. The minimum absolute atomic E-state index is 0.0768. The lowest BCUT2D eigenvalue weighted by atomic mass is 9.99. The van der Waals surface area contributed by atoms with E-state index in [0.29, 0.717) is 17.1 Å². The first kappa shape index (κ1) is 22.8. The monoisotopic (exact) mass is 468 g/mol. The number of likely N-dealkylation sites (N-methyl/N-ethyl adjacent to an activating group) is 1. The van der Waals surface area contributed by atoms with Gasteiger partial charge in [-0.25, -0.2) is 9.97 Å². The maximum Gasteiger partial charge on any atom is 0.253 e. The number of ether oxygens (including phenoxy) is 2. The van der Waals surface area contributed by atoms with Gasteiger partial charge in [-0.1, -0.05) is 24.3 Å². The molecule has 1 amide bonds. The third kappa shape index (κ3) is 4.55. The Morgan fingerprint density at radius 3 is 2.14 bits per heavy atom. The first-order chi connectivity index (χ1) is 17.1. The number of methoxy groups -OCH3 is 2. The summed E-state index contributed by atoms with van der Waals surface area (Å²) in [5.74, 6) is 1.44. The maximum atomic E-state index is 12.9. The predicted molar refractivity (Wildman–Crippen MR) is 137 cm³/mol. The summed E-state index contributed by atoms with van der Waals surface area (Å²) >= 11 is 0. The van der Waals surface area contributed by atoms with Crippen molar-refractivity contribution in [2.24, 2.45) is 0 Å². The number of piperazine rings is 1. The number of hydrogen-bond acceptors (Lipinski definition) is 6. The van der Waals surface area contributed by atoms with Crippen molar-refractivity contribution in [2.75, 3.05) is 47.4 Å². The molecule has 3 aromatic carbocycles. The van der Waals surface area contributed by atoms with E-state index in [2.05, 4.69) is 28.0 Å². The van der Waals surface area contributed by atoms with Gasteiger partial charge in [-0.05, 0) is 54.6 Å². The Labute approximate surface area is 204 Å². The van der Waals surface area contributed by atoms with Crippen LogP contribution in [0.1, 0.15) is 10.4 Å². The van der Waals surface area contributed by atoms with Gasteiger partial charge < -0.3 is 19.3 Å². The molecule has 7 heteroatoms. The van der Waals surface area contributed by atoms with Crippen molar-refractivity contribution in [1.82, 2.24) is 19.8 Å². The van der Waals surface area contributed by atoms with Crippen molar-refractivity contribution >= 4 is 16.8 Å². The highest BCUT2D eigenvalue weighted by Crippen LogP contribution is 2.35. The van der Waals surface area contributed by atoms with E-state index in [1.807, 2.05) is 59.5 Å². The molecule has 0 bridgehead atoms. The molecule has 178 valence electrons. The Bertz CT molecular complexity index is 1360. The van der Waals surface area contributed by atoms with Crippen LogP contribution >= 0.6 is 0 Å². The standard InChI is InChI=1S/C28H28N4O3/c1-31-12-14-32(15-13-31)28(33)20-6-4-19(5-7-20)27-23-16-21(8-10-24(23)29-18-30-27)22-9-11-25(34-2)26(17-22)35-3/h4-11,16-18H,12-15H2,1-3H3.